The SMILES string of the molecule is COC(=O)N1CCC(Oc2cc(-c3ccc(F)cc3)cc3c(N(C)c4ccc(C)nn4)ncnc23)CC1. The van der Waals surface area contributed by atoms with E-state index in [0.717, 1.165) is 22.2 Å². The van der Waals surface area contributed by atoms with E-state index in [1.54, 1.807) is 17.0 Å². The number of fused-ring (bicyclic) bond motifs is 1. The van der Waals surface area contributed by atoms with Crippen molar-refractivity contribution in [1.82, 2.24) is 25.1 Å². The molecule has 10 heteroatoms. The highest BCUT2D eigenvalue weighted by Gasteiger charge is 2.26. The fourth-order valence-corrected chi connectivity index (χ4v) is 4.43. The first-order valence-electron chi connectivity index (χ1n) is 12.0. The molecule has 0 bridgehead atoms. The number of rotatable bonds is 5. The Balaban J connectivity index is 1.55. The van der Waals surface area contributed by atoms with Gasteiger partial charge in [-0.3, -0.25) is 0 Å². The highest BCUT2D eigenvalue weighted by atomic mass is 19.1. The number of ether oxygens (including phenoxy) is 2. The van der Waals surface area contributed by atoms with Crippen LogP contribution in [0.3, 0.4) is 0 Å². The van der Waals surface area contributed by atoms with E-state index in [0.29, 0.717) is 48.8 Å². The van der Waals surface area contributed by atoms with E-state index in [1.807, 2.05) is 43.1 Å². The number of amides is 1. The first-order valence-corrected chi connectivity index (χ1v) is 12.0. The molecule has 2 aromatic carbocycles. The van der Waals surface area contributed by atoms with Crippen LogP contribution in [0.1, 0.15) is 18.5 Å². The van der Waals surface area contributed by atoms with Crippen molar-refractivity contribution in [2.75, 3.05) is 32.1 Å². The third-order valence-electron chi connectivity index (χ3n) is 6.47. The van der Waals surface area contributed by atoms with Gasteiger partial charge in [0, 0.05) is 38.4 Å². The molecule has 1 fully saturated rings. The van der Waals surface area contributed by atoms with E-state index in [9.17, 15) is 9.18 Å². The number of benzene rings is 2. The number of hydrogen-bond acceptors (Lipinski definition) is 8. The molecule has 2 aromatic heterocycles. The van der Waals surface area contributed by atoms with E-state index in [4.69, 9.17) is 9.47 Å². The molecule has 1 aliphatic rings. The van der Waals surface area contributed by atoms with Crippen LogP contribution in [0.5, 0.6) is 5.75 Å². The minimum atomic E-state index is -0.332. The molecular weight excluding hydrogens is 475 g/mol. The largest absolute Gasteiger partial charge is 0.488 e. The maximum absolute atomic E-state index is 13.6. The van der Waals surface area contributed by atoms with Gasteiger partial charge in [-0.05, 0) is 54.4 Å². The molecule has 37 heavy (non-hydrogen) atoms. The Morgan fingerprint density at radius 1 is 1.03 bits per heavy atom. The Morgan fingerprint density at radius 2 is 1.78 bits per heavy atom. The number of anilines is 2. The monoisotopic (exact) mass is 502 g/mol. The van der Waals surface area contributed by atoms with E-state index in [1.165, 1.54) is 25.6 Å². The summed E-state index contributed by atoms with van der Waals surface area (Å²) >= 11 is 0. The van der Waals surface area contributed by atoms with Crippen LogP contribution in [0.15, 0.2) is 54.9 Å². The molecular formula is C27H27FN6O3. The lowest BCUT2D eigenvalue weighted by Gasteiger charge is -2.31. The van der Waals surface area contributed by atoms with Crippen molar-refractivity contribution in [2.24, 2.45) is 0 Å². The van der Waals surface area contributed by atoms with Gasteiger partial charge in [0.15, 0.2) is 5.82 Å². The Kier molecular flexibility index (Phi) is 6.80. The van der Waals surface area contributed by atoms with Gasteiger partial charge < -0.3 is 19.3 Å². The number of carbonyl (C=O) groups excluding carboxylic acids is 1. The molecule has 0 radical (unpaired) electrons. The summed E-state index contributed by atoms with van der Waals surface area (Å²) in [6, 6.07) is 14.0. The van der Waals surface area contributed by atoms with Crippen molar-refractivity contribution in [3.8, 4) is 16.9 Å². The smallest absolute Gasteiger partial charge is 0.409 e. The third kappa shape index (κ3) is 5.13. The quantitative estimate of drug-likeness (QED) is 0.380. The van der Waals surface area contributed by atoms with Crippen molar-refractivity contribution in [2.45, 2.75) is 25.9 Å². The molecule has 0 saturated carbocycles. The molecule has 0 spiro atoms. The number of carbonyl (C=O) groups is 1. The summed E-state index contributed by atoms with van der Waals surface area (Å²) in [6.45, 7) is 2.97. The second kappa shape index (κ2) is 10.3. The number of likely N-dealkylation sites (tertiary alicyclic amines) is 1. The topological polar surface area (TPSA) is 93.6 Å². The highest BCUT2D eigenvalue weighted by Crippen LogP contribution is 2.37. The lowest BCUT2D eigenvalue weighted by Crippen LogP contribution is -2.41. The summed E-state index contributed by atoms with van der Waals surface area (Å²) in [5.74, 6) is 1.56. The zero-order chi connectivity index (χ0) is 25.9. The molecule has 4 aromatic rings. The third-order valence-corrected chi connectivity index (χ3v) is 6.47. The van der Waals surface area contributed by atoms with Gasteiger partial charge in [0.05, 0.1) is 12.8 Å². The Labute approximate surface area is 213 Å². The van der Waals surface area contributed by atoms with Crippen LogP contribution < -0.4 is 9.64 Å². The van der Waals surface area contributed by atoms with Crippen molar-refractivity contribution in [3.05, 3.63) is 66.4 Å². The zero-order valence-electron chi connectivity index (χ0n) is 20.9. The number of aromatic nitrogens is 4. The Morgan fingerprint density at radius 3 is 2.46 bits per heavy atom. The van der Waals surface area contributed by atoms with Gasteiger partial charge in [-0.25, -0.2) is 19.2 Å². The minimum Gasteiger partial charge on any atom is -0.488 e. The molecule has 1 amide bonds. The van der Waals surface area contributed by atoms with Gasteiger partial charge in [0.1, 0.15) is 35.3 Å². The minimum absolute atomic E-state index is 0.105. The normalized spacial score (nSPS) is 14.0. The van der Waals surface area contributed by atoms with Crippen molar-refractivity contribution in [1.29, 1.82) is 0 Å². The standard InChI is InChI=1S/C27H27FN6O3/c1-17-4-9-24(32-31-17)33(2)26-22-14-19(18-5-7-20(28)8-6-18)15-23(25(22)29-16-30-26)37-21-10-12-34(13-11-21)27(35)36-3/h4-9,14-16,21H,10-13H2,1-3H3. The molecule has 0 atom stereocenters. The highest BCUT2D eigenvalue weighted by molar-refractivity contribution is 5.97. The van der Waals surface area contributed by atoms with E-state index in [-0.39, 0.29) is 18.0 Å². The Hall–Kier alpha value is -4.34. The molecule has 1 aliphatic heterocycles. The van der Waals surface area contributed by atoms with Crippen LogP contribution >= 0.6 is 0 Å². The maximum Gasteiger partial charge on any atom is 0.409 e. The van der Waals surface area contributed by atoms with Gasteiger partial charge in [-0.2, -0.15) is 5.10 Å². The molecule has 190 valence electrons. The number of methoxy groups -OCH3 is 1. The summed E-state index contributed by atoms with van der Waals surface area (Å²) in [5.41, 5.74) is 3.14. The predicted molar refractivity (Wildman–Crippen MR) is 137 cm³/mol. The molecule has 0 N–H and O–H groups in total. The van der Waals surface area contributed by atoms with Gasteiger partial charge in [-0.15, -0.1) is 5.10 Å². The lowest BCUT2D eigenvalue weighted by atomic mass is 10.0. The van der Waals surface area contributed by atoms with Gasteiger partial charge in [0.25, 0.3) is 0 Å². The van der Waals surface area contributed by atoms with Crippen molar-refractivity contribution in [3.63, 3.8) is 0 Å². The maximum atomic E-state index is 13.6. The lowest BCUT2D eigenvalue weighted by molar-refractivity contribution is 0.0796. The number of halogens is 1. The van der Waals surface area contributed by atoms with E-state index in [2.05, 4.69) is 20.2 Å². The summed E-state index contributed by atoms with van der Waals surface area (Å²) in [4.78, 5) is 24.5. The molecule has 0 aliphatic carbocycles. The summed E-state index contributed by atoms with van der Waals surface area (Å²) in [5, 5.41) is 9.22. The predicted octanol–water partition coefficient (Wildman–Crippen LogP) is 4.91. The molecule has 0 unspecified atom stereocenters. The molecule has 3 heterocycles. The fraction of sp³-hybridized carbons (Fsp3) is 0.296. The first kappa shape index (κ1) is 24.4. The molecule has 1 saturated heterocycles. The Bertz CT molecular complexity index is 1410. The first-order chi connectivity index (χ1) is 17.9. The van der Waals surface area contributed by atoms with Crippen LogP contribution in [0.4, 0.5) is 20.8 Å². The number of piperidine rings is 1. The number of nitrogens with zero attached hydrogens (tertiary/aromatic N) is 6. The fourth-order valence-electron chi connectivity index (χ4n) is 4.43. The van der Waals surface area contributed by atoms with Crippen LogP contribution in [-0.2, 0) is 4.74 Å². The van der Waals surface area contributed by atoms with E-state index >= 15 is 0 Å². The van der Waals surface area contributed by atoms with Gasteiger partial charge >= 0.3 is 6.09 Å². The van der Waals surface area contributed by atoms with Gasteiger partial charge in [-0.1, -0.05) is 12.1 Å². The van der Waals surface area contributed by atoms with E-state index < -0.39 is 0 Å². The average Bonchev–Trinajstić information content (AvgIpc) is 2.93. The zero-order valence-corrected chi connectivity index (χ0v) is 20.9. The second-order valence-corrected chi connectivity index (χ2v) is 8.94. The summed E-state index contributed by atoms with van der Waals surface area (Å²) in [6.07, 6.45) is 2.39. The second-order valence-electron chi connectivity index (χ2n) is 8.94. The summed E-state index contributed by atoms with van der Waals surface area (Å²) in [7, 11) is 3.25. The van der Waals surface area contributed by atoms with Crippen LogP contribution in [-0.4, -0.2) is 64.5 Å². The van der Waals surface area contributed by atoms with Crippen LogP contribution in [0.2, 0.25) is 0 Å². The number of hydrogen-bond donors (Lipinski definition) is 0. The molecule has 9 nitrogen and oxygen atoms in total. The van der Waals surface area contributed by atoms with Crippen molar-refractivity contribution >= 4 is 28.6 Å². The van der Waals surface area contributed by atoms with Crippen LogP contribution in [0.25, 0.3) is 22.0 Å². The average molecular weight is 503 g/mol. The van der Waals surface area contributed by atoms with Crippen molar-refractivity contribution < 1.29 is 18.7 Å². The van der Waals surface area contributed by atoms with Crippen LogP contribution in [0, 0.1) is 12.7 Å². The number of aryl methyl sites for hydroxylation is 1. The van der Waals surface area contributed by atoms with Gasteiger partial charge in [0.2, 0.25) is 0 Å². The molecule has 5 rings (SSSR count). The summed E-state index contributed by atoms with van der Waals surface area (Å²) < 4.78 is 25.0.